The third-order valence-corrected chi connectivity index (χ3v) is 2.51. The predicted molar refractivity (Wildman–Crippen MR) is 68.1 cm³/mol. The van der Waals surface area contributed by atoms with Gasteiger partial charge in [-0.25, -0.2) is 4.39 Å². The van der Waals surface area contributed by atoms with Crippen molar-refractivity contribution in [1.82, 2.24) is 0 Å². The summed E-state index contributed by atoms with van der Waals surface area (Å²) in [5.41, 5.74) is 6.27. The summed E-state index contributed by atoms with van der Waals surface area (Å²) in [5.74, 6) is 0.962. The summed E-state index contributed by atoms with van der Waals surface area (Å²) >= 11 is 0. The van der Waals surface area contributed by atoms with Gasteiger partial charge in [-0.05, 0) is 29.8 Å². The van der Waals surface area contributed by atoms with E-state index in [0.29, 0.717) is 5.75 Å². The molecule has 0 aliphatic rings. The lowest BCUT2D eigenvalue weighted by Gasteiger charge is -2.08. The van der Waals surface area contributed by atoms with Crippen molar-refractivity contribution in [3.05, 3.63) is 53.8 Å². The summed E-state index contributed by atoms with van der Waals surface area (Å²) in [6.45, 7) is 0.282. The van der Waals surface area contributed by atoms with Gasteiger partial charge in [0, 0.05) is 6.07 Å². The van der Waals surface area contributed by atoms with Crippen LogP contribution in [0.3, 0.4) is 0 Å². The van der Waals surface area contributed by atoms with Crippen molar-refractivity contribution in [1.29, 1.82) is 0 Å². The van der Waals surface area contributed by atoms with Crippen LogP contribution < -0.4 is 15.2 Å². The number of methoxy groups -OCH3 is 1. The van der Waals surface area contributed by atoms with Crippen molar-refractivity contribution >= 4 is 5.69 Å². The second-order valence-corrected chi connectivity index (χ2v) is 3.82. The van der Waals surface area contributed by atoms with E-state index in [1.54, 1.807) is 19.2 Å². The van der Waals surface area contributed by atoms with Crippen LogP contribution in [0.15, 0.2) is 42.5 Å². The first-order valence-electron chi connectivity index (χ1n) is 5.50. The summed E-state index contributed by atoms with van der Waals surface area (Å²) in [6.07, 6.45) is 0. The molecular weight excluding hydrogens is 233 g/mol. The van der Waals surface area contributed by atoms with Gasteiger partial charge in [0.05, 0.1) is 12.8 Å². The molecule has 0 bridgehead atoms. The average molecular weight is 247 g/mol. The molecule has 0 aromatic heterocycles. The van der Waals surface area contributed by atoms with E-state index in [-0.39, 0.29) is 12.3 Å². The molecule has 0 heterocycles. The second-order valence-electron chi connectivity index (χ2n) is 3.82. The maximum atomic E-state index is 13.2. The molecule has 2 aromatic carbocycles. The maximum absolute atomic E-state index is 13.2. The van der Waals surface area contributed by atoms with Crippen LogP contribution in [0, 0.1) is 5.82 Å². The van der Waals surface area contributed by atoms with Gasteiger partial charge in [-0.15, -0.1) is 0 Å². The Kier molecular flexibility index (Phi) is 3.67. The van der Waals surface area contributed by atoms with Crippen molar-refractivity contribution in [2.45, 2.75) is 6.61 Å². The Morgan fingerprint density at radius 3 is 2.61 bits per heavy atom. The first-order chi connectivity index (χ1) is 8.69. The highest BCUT2D eigenvalue weighted by Gasteiger charge is 2.02. The zero-order chi connectivity index (χ0) is 13.0. The summed E-state index contributed by atoms with van der Waals surface area (Å²) in [7, 11) is 1.59. The molecule has 0 saturated heterocycles. The Morgan fingerprint density at radius 2 is 1.89 bits per heavy atom. The van der Waals surface area contributed by atoms with Crippen LogP contribution in [-0.2, 0) is 6.61 Å². The van der Waals surface area contributed by atoms with E-state index in [2.05, 4.69) is 0 Å². The highest BCUT2D eigenvalue weighted by molar-refractivity contribution is 5.41. The zero-order valence-corrected chi connectivity index (χ0v) is 10.0. The summed E-state index contributed by atoms with van der Waals surface area (Å²) in [4.78, 5) is 0. The quantitative estimate of drug-likeness (QED) is 0.845. The normalized spacial score (nSPS) is 10.1. The number of halogens is 1. The minimum Gasteiger partial charge on any atom is -0.497 e. The van der Waals surface area contributed by atoms with Crippen LogP contribution in [0.5, 0.6) is 11.5 Å². The molecule has 18 heavy (non-hydrogen) atoms. The lowest BCUT2D eigenvalue weighted by molar-refractivity contribution is 0.303. The fraction of sp³-hybridized carbons (Fsp3) is 0.143. The van der Waals surface area contributed by atoms with Crippen molar-refractivity contribution in [2.75, 3.05) is 12.8 Å². The number of benzene rings is 2. The summed E-state index contributed by atoms with van der Waals surface area (Å²) < 4.78 is 23.9. The van der Waals surface area contributed by atoms with Gasteiger partial charge >= 0.3 is 0 Å². The van der Waals surface area contributed by atoms with Gasteiger partial charge in [-0.1, -0.05) is 12.1 Å². The first kappa shape index (κ1) is 12.2. The number of nitrogens with two attached hydrogens (primary N) is 1. The third kappa shape index (κ3) is 2.91. The van der Waals surface area contributed by atoms with Crippen molar-refractivity contribution in [3.63, 3.8) is 0 Å². The molecule has 3 nitrogen and oxygen atoms in total. The highest BCUT2D eigenvalue weighted by Crippen LogP contribution is 2.20. The molecule has 2 N–H and O–H groups in total. The van der Waals surface area contributed by atoms with Crippen LogP contribution in [-0.4, -0.2) is 7.11 Å². The number of anilines is 1. The van der Waals surface area contributed by atoms with Crippen molar-refractivity contribution < 1.29 is 13.9 Å². The second kappa shape index (κ2) is 5.40. The lowest BCUT2D eigenvalue weighted by Crippen LogP contribution is -1.98. The van der Waals surface area contributed by atoms with E-state index in [1.165, 1.54) is 12.1 Å². The monoisotopic (exact) mass is 247 g/mol. The van der Waals surface area contributed by atoms with Gasteiger partial charge in [0.1, 0.15) is 23.9 Å². The fourth-order valence-corrected chi connectivity index (χ4v) is 1.52. The Balaban J connectivity index is 2.04. The first-order valence-corrected chi connectivity index (χ1v) is 5.50. The molecular formula is C14H14FNO2. The molecule has 0 radical (unpaired) electrons. The van der Waals surface area contributed by atoms with Gasteiger partial charge in [0.25, 0.3) is 0 Å². The van der Waals surface area contributed by atoms with Crippen LogP contribution in [0.25, 0.3) is 0 Å². The Labute approximate surface area is 105 Å². The molecule has 4 heteroatoms. The molecule has 2 rings (SSSR count). The minimum atomic E-state index is -0.429. The number of ether oxygens (including phenoxy) is 2. The van der Waals surface area contributed by atoms with E-state index in [0.717, 1.165) is 11.3 Å². The average Bonchev–Trinajstić information content (AvgIpc) is 2.40. The van der Waals surface area contributed by atoms with Gasteiger partial charge < -0.3 is 15.2 Å². The molecule has 0 aliphatic heterocycles. The van der Waals surface area contributed by atoms with Gasteiger partial charge in [0.2, 0.25) is 0 Å². The van der Waals surface area contributed by atoms with E-state index in [9.17, 15) is 4.39 Å². The van der Waals surface area contributed by atoms with Crippen LogP contribution in [0.4, 0.5) is 10.1 Å². The molecule has 0 saturated carbocycles. The smallest absolute Gasteiger partial charge is 0.146 e. The molecule has 94 valence electrons. The Morgan fingerprint density at radius 1 is 1.11 bits per heavy atom. The Bertz CT molecular complexity index is 543. The summed E-state index contributed by atoms with van der Waals surface area (Å²) in [5, 5.41) is 0. The molecule has 0 atom stereocenters. The van der Waals surface area contributed by atoms with Gasteiger partial charge in [0.15, 0.2) is 0 Å². The zero-order valence-electron chi connectivity index (χ0n) is 10.0. The number of nitrogen functional groups attached to an aromatic ring is 1. The molecule has 2 aromatic rings. The van der Waals surface area contributed by atoms with Crippen molar-refractivity contribution in [2.24, 2.45) is 0 Å². The lowest BCUT2D eigenvalue weighted by atomic mass is 10.2. The molecule has 0 unspecified atom stereocenters. The summed E-state index contributed by atoms with van der Waals surface area (Å²) in [6, 6.07) is 11.9. The van der Waals surface area contributed by atoms with Gasteiger partial charge in [-0.2, -0.15) is 0 Å². The Hall–Kier alpha value is -2.23. The third-order valence-electron chi connectivity index (χ3n) is 2.51. The fourth-order valence-electron chi connectivity index (χ4n) is 1.52. The molecule has 0 aliphatic carbocycles. The predicted octanol–water partition coefficient (Wildman–Crippen LogP) is 3.00. The maximum Gasteiger partial charge on any atom is 0.146 e. The van der Waals surface area contributed by atoms with Crippen molar-refractivity contribution in [3.8, 4) is 11.5 Å². The standard InChI is InChI=1S/C14H14FNO2/c1-17-11-3-2-4-12(8-11)18-9-10-5-6-14(16)13(15)7-10/h2-8H,9,16H2,1H3. The SMILES string of the molecule is COc1cccc(OCc2ccc(N)c(F)c2)c1. The van der Waals surface area contributed by atoms with Crippen LogP contribution in [0.1, 0.15) is 5.56 Å². The van der Waals surface area contributed by atoms with E-state index in [1.807, 2.05) is 18.2 Å². The van der Waals surface area contributed by atoms with E-state index in [4.69, 9.17) is 15.2 Å². The van der Waals surface area contributed by atoms with E-state index >= 15 is 0 Å². The largest absolute Gasteiger partial charge is 0.497 e. The van der Waals surface area contributed by atoms with Crippen LogP contribution >= 0.6 is 0 Å². The molecule has 0 amide bonds. The number of hydrogen-bond donors (Lipinski definition) is 1. The minimum absolute atomic E-state index is 0.139. The van der Waals surface area contributed by atoms with Gasteiger partial charge in [-0.3, -0.25) is 0 Å². The number of rotatable bonds is 4. The molecule has 0 spiro atoms. The topological polar surface area (TPSA) is 44.5 Å². The van der Waals surface area contributed by atoms with E-state index < -0.39 is 5.82 Å². The number of hydrogen-bond acceptors (Lipinski definition) is 3. The molecule has 0 fully saturated rings. The van der Waals surface area contributed by atoms with Crippen LogP contribution in [0.2, 0.25) is 0 Å². The highest BCUT2D eigenvalue weighted by atomic mass is 19.1.